The molecule has 0 aliphatic heterocycles. The molecule has 6 heteroatoms. The highest BCUT2D eigenvalue weighted by molar-refractivity contribution is 7.87. The molecule has 0 saturated heterocycles. The van der Waals surface area contributed by atoms with Gasteiger partial charge in [0.1, 0.15) is 4.75 Å². The van der Waals surface area contributed by atoms with Gasteiger partial charge in [-0.05, 0) is 25.0 Å². The first-order valence-electron chi connectivity index (χ1n) is 4.36. The standard InChI is InChI=1S/C9H8F3NOS/c10-9(11,12)8(3-4-8)15(14)7-1-5-13-6-2-7/h1-2,5-6H,3-4H2. The summed E-state index contributed by atoms with van der Waals surface area (Å²) in [5, 5.41) is 0. The molecule has 0 aromatic carbocycles. The van der Waals surface area contributed by atoms with E-state index in [1.165, 1.54) is 24.5 Å². The zero-order valence-corrected chi connectivity index (χ0v) is 8.44. The summed E-state index contributed by atoms with van der Waals surface area (Å²) in [5.41, 5.74) is 0. The fraction of sp³-hybridized carbons (Fsp3) is 0.444. The fourth-order valence-electron chi connectivity index (χ4n) is 1.37. The Kier molecular flexibility index (Phi) is 2.33. The quantitative estimate of drug-likeness (QED) is 0.787. The normalized spacial score (nSPS) is 21.0. The van der Waals surface area contributed by atoms with Crippen molar-refractivity contribution in [2.45, 2.75) is 28.7 Å². The van der Waals surface area contributed by atoms with Crippen molar-refractivity contribution in [3.8, 4) is 0 Å². The van der Waals surface area contributed by atoms with Crippen LogP contribution in [0.1, 0.15) is 12.8 Å². The van der Waals surface area contributed by atoms with Crippen LogP contribution in [0.4, 0.5) is 13.2 Å². The van der Waals surface area contributed by atoms with E-state index >= 15 is 0 Å². The minimum Gasteiger partial charge on any atom is -0.265 e. The Hall–Kier alpha value is -0.910. The molecule has 1 fully saturated rings. The molecule has 1 aliphatic rings. The van der Waals surface area contributed by atoms with E-state index in [2.05, 4.69) is 4.98 Å². The van der Waals surface area contributed by atoms with Crippen molar-refractivity contribution in [3.63, 3.8) is 0 Å². The first kappa shape index (κ1) is 10.6. The second-order valence-electron chi connectivity index (χ2n) is 3.44. The number of rotatable bonds is 2. The average Bonchev–Trinajstić information content (AvgIpc) is 2.98. The van der Waals surface area contributed by atoms with E-state index in [1.54, 1.807) is 0 Å². The summed E-state index contributed by atoms with van der Waals surface area (Å²) >= 11 is 0. The maximum Gasteiger partial charge on any atom is 0.406 e. The molecule has 2 rings (SSSR count). The summed E-state index contributed by atoms with van der Waals surface area (Å²) in [7, 11) is -2.02. The summed E-state index contributed by atoms with van der Waals surface area (Å²) in [6.07, 6.45) is -1.79. The highest BCUT2D eigenvalue weighted by Crippen LogP contribution is 2.55. The molecule has 1 saturated carbocycles. The van der Waals surface area contributed by atoms with E-state index in [-0.39, 0.29) is 17.7 Å². The molecular weight excluding hydrogens is 227 g/mol. The number of hydrogen-bond acceptors (Lipinski definition) is 2. The van der Waals surface area contributed by atoms with Crippen molar-refractivity contribution in [2.75, 3.05) is 0 Å². The van der Waals surface area contributed by atoms with Crippen LogP contribution in [0.3, 0.4) is 0 Å². The molecule has 15 heavy (non-hydrogen) atoms. The van der Waals surface area contributed by atoms with Crippen molar-refractivity contribution in [1.29, 1.82) is 0 Å². The smallest absolute Gasteiger partial charge is 0.265 e. The molecule has 0 amide bonds. The fourth-order valence-corrected chi connectivity index (χ4v) is 2.88. The van der Waals surface area contributed by atoms with Crippen molar-refractivity contribution in [3.05, 3.63) is 24.5 Å². The van der Waals surface area contributed by atoms with Crippen LogP contribution in [-0.4, -0.2) is 20.1 Å². The molecule has 1 heterocycles. The van der Waals surface area contributed by atoms with Crippen molar-refractivity contribution >= 4 is 10.8 Å². The van der Waals surface area contributed by atoms with Gasteiger partial charge in [0.25, 0.3) is 0 Å². The zero-order chi connectivity index (χ0) is 11.1. The second-order valence-corrected chi connectivity index (χ2v) is 5.23. The Morgan fingerprint density at radius 1 is 1.27 bits per heavy atom. The van der Waals surface area contributed by atoms with Gasteiger partial charge in [-0.2, -0.15) is 13.2 Å². The molecule has 82 valence electrons. The number of nitrogens with zero attached hydrogens (tertiary/aromatic N) is 1. The minimum absolute atomic E-state index is 0.0502. The van der Waals surface area contributed by atoms with Crippen molar-refractivity contribution < 1.29 is 17.4 Å². The van der Waals surface area contributed by atoms with E-state index in [1.807, 2.05) is 0 Å². The Morgan fingerprint density at radius 3 is 2.20 bits per heavy atom. The third kappa shape index (κ3) is 1.67. The lowest BCUT2D eigenvalue weighted by Gasteiger charge is -2.18. The van der Waals surface area contributed by atoms with Gasteiger partial charge >= 0.3 is 6.18 Å². The molecule has 1 aromatic rings. The first-order chi connectivity index (χ1) is 6.97. The van der Waals surface area contributed by atoms with E-state index in [9.17, 15) is 17.4 Å². The third-order valence-electron chi connectivity index (χ3n) is 2.44. The number of hydrogen-bond donors (Lipinski definition) is 0. The van der Waals surface area contributed by atoms with Crippen LogP contribution in [0.5, 0.6) is 0 Å². The van der Waals surface area contributed by atoms with Crippen LogP contribution in [0.15, 0.2) is 29.4 Å². The maximum atomic E-state index is 12.6. The van der Waals surface area contributed by atoms with Gasteiger partial charge in [-0.3, -0.25) is 9.19 Å². The monoisotopic (exact) mass is 235 g/mol. The van der Waals surface area contributed by atoms with Gasteiger partial charge < -0.3 is 0 Å². The Balaban J connectivity index is 2.31. The van der Waals surface area contributed by atoms with Gasteiger partial charge in [0.15, 0.2) is 0 Å². The average molecular weight is 235 g/mol. The lowest BCUT2D eigenvalue weighted by atomic mass is 10.4. The summed E-state index contributed by atoms with van der Waals surface area (Å²) in [5.74, 6) is 0. The van der Waals surface area contributed by atoms with E-state index < -0.39 is 21.7 Å². The SMILES string of the molecule is O=S(c1ccncc1)C1(C(F)(F)F)CC1. The van der Waals surface area contributed by atoms with Gasteiger partial charge in [-0.25, -0.2) is 0 Å². The number of alkyl halides is 3. The number of halogens is 3. The molecule has 0 radical (unpaired) electrons. The molecule has 0 spiro atoms. The largest absolute Gasteiger partial charge is 0.406 e. The lowest BCUT2D eigenvalue weighted by molar-refractivity contribution is -0.136. The molecule has 1 aromatic heterocycles. The number of aromatic nitrogens is 1. The molecular formula is C9H8F3NOS. The summed E-state index contributed by atoms with van der Waals surface area (Å²) in [6, 6.07) is 2.73. The van der Waals surface area contributed by atoms with Crippen LogP contribution in [-0.2, 0) is 10.8 Å². The summed E-state index contributed by atoms with van der Waals surface area (Å²) in [6.45, 7) is 0. The van der Waals surface area contributed by atoms with Crippen LogP contribution in [0.25, 0.3) is 0 Å². The van der Waals surface area contributed by atoms with Crippen LogP contribution >= 0.6 is 0 Å². The highest BCUT2D eigenvalue weighted by Gasteiger charge is 2.67. The maximum absolute atomic E-state index is 12.6. The molecule has 0 bridgehead atoms. The Labute approximate surface area is 87.0 Å². The van der Waals surface area contributed by atoms with Crippen molar-refractivity contribution in [2.24, 2.45) is 0 Å². The van der Waals surface area contributed by atoms with Crippen molar-refractivity contribution in [1.82, 2.24) is 4.98 Å². The highest BCUT2D eigenvalue weighted by atomic mass is 32.2. The molecule has 1 unspecified atom stereocenters. The van der Waals surface area contributed by atoms with Gasteiger partial charge in [0.2, 0.25) is 0 Å². The molecule has 2 nitrogen and oxygen atoms in total. The number of pyridine rings is 1. The predicted octanol–water partition coefficient (Wildman–Crippen LogP) is 2.28. The second kappa shape index (κ2) is 3.30. The molecule has 1 aliphatic carbocycles. The Morgan fingerprint density at radius 2 is 1.80 bits per heavy atom. The third-order valence-corrected chi connectivity index (χ3v) is 4.49. The van der Waals surface area contributed by atoms with Gasteiger partial charge in [0.05, 0.1) is 10.8 Å². The zero-order valence-electron chi connectivity index (χ0n) is 7.62. The van der Waals surface area contributed by atoms with E-state index in [4.69, 9.17) is 0 Å². The van der Waals surface area contributed by atoms with Gasteiger partial charge in [-0.15, -0.1) is 0 Å². The first-order valence-corrected chi connectivity index (χ1v) is 5.51. The lowest BCUT2D eigenvalue weighted by Crippen LogP contribution is -2.35. The van der Waals surface area contributed by atoms with E-state index in [0.717, 1.165) is 0 Å². The van der Waals surface area contributed by atoms with Gasteiger partial charge in [-0.1, -0.05) is 0 Å². The molecule has 1 atom stereocenters. The summed E-state index contributed by atoms with van der Waals surface area (Å²) in [4.78, 5) is 3.87. The predicted molar refractivity (Wildman–Crippen MR) is 48.7 cm³/mol. The van der Waals surface area contributed by atoms with E-state index in [0.29, 0.717) is 0 Å². The minimum atomic E-state index is -4.39. The van der Waals surface area contributed by atoms with Crippen LogP contribution in [0.2, 0.25) is 0 Å². The van der Waals surface area contributed by atoms with Crippen LogP contribution < -0.4 is 0 Å². The summed E-state index contributed by atoms with van der Waals surface area (Å²) < 4.78 is 47.6. The van der Waals surface area contributed by atoms with Gasteiger partial charge in [0, 0.05) is 17.3 Å². The Bertz CT molecular complexity index is 386. The molecule has 0 N–H and O–H groups in total. The van der Waals surface area contributed by atoms with Crippen LogP contribution in [0, 0.1) is 0 Å². The topological polar surface area (TPSA) is 30.0 Å².